The van der Waals surface area contributed by atoms with E-state index in [2.05, 4.69) is 46.4 Å². The molecular formula is C24H22N2O. The third-order valence-corrected chi connectivity index (χ3v) is 5.67. The zero-order valence-corrected chi connectivity index (χ0v) is 15.3. The molecule has 2 heterocycles. The fourth-order valence-electron chi connectivity index (χ4n) is 4.22. The Labute approximate surface area is 159 Å². The van der Waals surface area contributed by atoms with Gasteiger partial charge in [0.1, 0.15) is 5.75 Å². The first-order valence-corrected chi connectivity index (χ1v) is 9.77. The number of ether oxygens (including phenoxy) is 1. The number of hydrogen-bond acceptors (Lipinski definition) is 3. The Morgan fingerprint density at radius 2 is 1.52 bits per heavy atom. The largest absolute Gasteiger partial charge is 0.439 e. The Bertz CT molecular complexity index is 1090. The van der Waals surface area contributed by atoms with Crippen LogP contribution in [0.3, 0.4) is 0 Å². The molecule has 1 fully saturated rings. The monoisotopic (exact) mass is 354 g/mol. The predicted molar refractivity (Wildman–Crippen MR) is 109 cm³/mol. The highest BCUT2D eigenvalue weighted by Gasteiger charge is 2.16. The maximum Gasteiger partial charge on any atom is 0.219 e. The molecule has 0 amide bonds. The summed E-state index contributed by atoms with van der Waals surface area (Å²) < 4.78 is 5.93. The van der Waals surface area contributed by atoms with Gasteiger partial charge in [-0.1, -0.05) is 49.6 Å². The van der Waals surface area contributed by atoms with Crippen LogP contribution in [-0.4, -0.2) is 9.97 Å². The van der Waals surface area contributed by atoms with Crippen molar-refractivity contribution in [2.45, 2.75) is 38.0 Å². The molecule has 0 unspecified atom stereocenters. The van der Waals surface area contributed by atoms with Crippen LogP contribution in [0.15, 0.2) is 67.1 Å². The molecule has 1 saturated carbocycles. The van der Waals surface area contributed by atoms with Crippen molar-refractivity contribution in [1.29, 1.82) is 0 Å². The molecule has 3 nitrogen and oxygen atoms in total. The van der Waals surface area contributed by atoms with E-state index >= 15 is 0 Å². The van der Waals surface area contributed by atoms with E-state index in [1.165, 1.54) is 53.8 Å². The van der Waals surface area contributed by atoms with Crippen molar-refractivity contribution in [3.63, 3.8) is 0 Å². The lowest BCUT2D eigenvalue weighted by molar-refractivity contribution is 0.444. The Balaban J connectivity index is 1.59. The lowest BCUT2D eigenvalue weighted by Crippen LogP contribution is -2.04. The minimum Gasteiger partial charge on any atom is -0.439 e. The van der Waals surface area contributed by atoms with Crippen LogP contribution in [0.4, 0.5) is 0 Å². The quantitative estimate of drug-likeness (QED) is 0.388. The van der Waals surface area contributed by atoms with Crippen molar-refractivity contribution in [3.05, 3.63) is 72.7 Å². The van der Waals surface area contributed by atoms with Gasteiger partial charge in [-0.3, -0.25) is 4.98 Å². The van der Waals surface area contributed by atoms with Crippen molar-refractivity contribution in [1.82, 2.24) is 9.97 Å². The first kappa shape index (κ1) is 16.2. The Hall–Kier alpha value is -2.94. The molecule has 3 heteroatoms. The molecule has 1 aliphatic carbocycles. The lowest BCUT2D eigenvalue weighted by Gasteiger charge is -2.22. The first-order valence-electron chi connectivity index (χ1n) is 9.77. The van der Waals surface area contributed by atoms with E-state index in [0.717, 1.165) is 11.1 Å². The maximum atomic E-state index is 5.93. The number of nitrogens with zero attached hydrogens (tertiary/aromatic N) is 2. The molecule has 0 atom stereocenters. The van der Waals surface area contributed by atoms with Crippen LogP contribution < -0.4 is 4.74 Å². The molecule has 27 heavy (non-hydrogen) atoms. The van der Waals surface area contributed by atoms with Gasteiger partial charge in [0.05, 0.1) is 0 Å². The SMILES string of the molecule is c1cc(Oc2cc3c(ccc4ccc(C5CCCCC5)cc43)cn2)ccn1. The summed E-state index contributed by atoms with van der Waals surface area (Å²) in [5.41, 5.74) is 1.48. The van der Waals surface area contributed by atoms with Gasteiger partial charge in [0.2, 0.25) is 5.88 Å². The second-order valence-electron chi connectivity index (χ2n) is 7.41. The van der Waals surface area contributed by atoms with Gasteiger partial charge < -0.3 is 4.74 Å². The van der Waals surface area contributed by atoms with Crippen LogP contribution in [0.25, 0.3) is 21.5 Å². The van der Waals surface area contributed by atoms with E-state index in [0.29, 0.717) is 11.8 Å². The molecule has 5 rings (SSSR count). The Kier molecular flexibility index (Phi) is 4.21. The summed E-state index contributed by atoms with van der Waals surface area (Å²) >= 11 is 0. The molecule has 0 bridgehead atoms. The topological polar surface area (TPSA) is 35.0 Å². The van der Waals surface area contributed by atoms with Gasteiger partial charge in [0.25, 0.3) is 0 Å². The van der Waals surface area contributed by atoms with Gasteiger partial charge >= 0.3 is 0 Å². The summed E-state index contributed by atoms with van der Waals surface area (Å²) in [6.45, 7) is 0. The zero-order valence-electron chi connectivity index (χ0n) is 15.3. The Morgan fingerprint density at radius 3 is 2.37 bits per heavy atom. The van der Waals surface area contributed by atoms with Crippen LogP contribution in [0.5, 0.6) is 11.6 Å². The highest BCUT2D eigenvalue weighted by Crippen LogP contribution is 2.36. The summed E-state index contributed by atoms with van der Waals surface area (Å²) in [6, 6.07) is 17.1. The fraction of sp³-hybridized carbons (Fsp3) is 0.250. The second-order valence-corrected chi connectivity index (χ2v) is 7.41. The van der Waals surface area contributed by atoms with E-state index in [9.17, 15) is 0 Å². The molecule has 0 radical (unpaired) electrons. The second kappa shape index (κ2) is 6.99. The van der Waals surface area contributed by atoms with Gasteiger partial charge in [0.15, 0.2) is 0 Å². The van der Waals surface area contributed by atoms with Crippen LogP contribution in [0, 0.1) is 0 Å². The molecule has 0 N–H and O–H groups in total. The number of aromatic nitrogens is 2. The Morgan fingerprint density at radius 1 is 0.778 bits per heavy atom. The summed E-state index contributed by atoms with van der Waals surface area (Å²) in [6.07, 6.45) is 12.1. The maximum absolute atomic E-state index is 5.93. The van der Waals surface area contributed by atoms with Crippen molar-refractivity contribution < 1.29 is 4.74 Å². The molecule has 2 aromatic carbocycles. The van der Waals surface area contributed by atoms with E-state index in [-0.39, 0.29) is 0 Å². The molecule has 4 aromatic rings. The predicted octanol–water partition coefficient (Wildman–Crippen LogP) is 6.62. The highest BCUT2D eigenvalue weighted by atomic mass is 16.5. The van der Waals surface area contributed by atoms with E-state index in [1.807, 2.05) is 18.3 Å². The smallest absolute Gasteiger partial charge is 0.219 e. The van der Waals surface area contributed by atoms with Crippen molar-refractivity contribution in [3.8, 4) is 11.6 Å². The molecular weight excluding hydrogens is 332 g/mol. The molecule has 0 spiro atoms. The van der Waals surface area contributed by atoms with Gasteiger partial charge in [-0.2, -0.15) is 0 Å². The van der Waals surface area contributed by atoms with Crippen molar-refractivity contribution >= 4 is 21.5 Å². The summed E-state index contributed by atoms with van der Waals surface area (Å²) in [7, 11) is 0. The van der Waals surface area contributed by atoms with Crippen LogP contribution >= 0.6 is 0 Å². The van der Waals surface area contributed by atoms with Crippen LogP contribution in [0.2, 0.25) is 0 Å². The van der Waals surface area contributed by atoms with E-state index < -0.39 is 0 Å². The molecule has 0 aliphatic heterocycles. The molecule has 0 saturated heterocycles. The third-order valence-electron chi connectivity index (χ3n) is 5.67. The lowest BCUT2D eigenvalue weighted by atomic mass is 9.83. The number of hydrogen-bond donors (Lipinski definition) is 0. The number of fused-ring (bicyclic) bond motifs is 3. The van der Waals surface area contributed by atoms with Gasteiger partial charge in [0, 0.05) is 30.0 Å². The first-order chi connectivity index (χ1) is 13.4. The summed E-state index contributed by atoms with van der Waals surface area (Å²) in [5.74, 6) is 2.07. The van der Waals surface area contributed by atoms with Crippen LogP contribution in [-0.2, 0) is 0 Å². The third kappa shape index (κ3) is 3.25. The minimum atomic E-state index is 0.615. The number of rotatable bonds is 3. The van der Waals surface area contributed by atoms with Crippen molar-refractivity contribution in [2.24, 2.45) is 0 Å². The average molecular weight is 354 g/mol. The molecule has 2 aromatic heterocycles. The summed E-state index contributed by atoms with van der Waals surface area (Å²) in [4.78, 5) is 8.51. The van der Waals surface area contributed by atoms with E-state index in [1.54, 1.807) is 12.4 Å². The van der Waals surface area contributed by atoms with E-state index in [4.69, 9.17) is 4.74 Å². The van der Waals surface area contributed by atoms with Gasteiger partial charge in [-0.15, -0.1) is 0 Å². The number of pyridine rings is 2. The minimum absolute atomic E-state index is 0.615. The standard InChI is InChI=1S/C24H22N2O/c1-2-4-17(5-3-1)19-8-6-18-7-9-20-16-26-24(15-23(20)22(18)14-19)27-21-10-12-25-13-11-21/h6-17H,1-5H2. The fourth-order valence-corrected chi connectivity index (χ4v) is 4.22. The zero-order chi connectivity index (χ0) is 18.1. The number of benzene rings is 2. The normalized spacial score (nSPS) is 15.3. The van der Waals surface area contributed by atoms with Gasteiger partial charge in [-0.05, 0) is 52.6 Å². The summed E-state index contributed by atoms with van der Waals surface area (Å²) in [5, 5.41) is 4.90. The molecule has 134 valence electrons. The van der Waals surface area contributed by atoms with Gasteiger partial charge in [-0.25, -0.2) is 4.98 Å². The average Bonchev–Trinajstić information content (AvgIpc) is 2.75. The molecule has 1 aliphatic rings. The van der Waals surface area contributed by atoms with Crippen molar-refractivity contribution in [2.75, 3.05) is 0 Å². The van der Waals surface area contributed by atoms with Crippen LogP contribution in [0.1, 0.15) is 43.6 Å². The highest BCUT2D eigenvalue weighted by molar-refractivity contribution is 6.07.